The van der Waals surface area contributed by atoms with Crippen molar-refractivity contribution in [1.29, 1.82) is 0 Å². The molecule has 0 radical (unpaired) electrons. The van der Waals surface area contributed by atoms with Crippen LogP contribution in [0.3, 0.4) is 0 Å². The van der Waals surface area contributed by atoms with Gasteiger partial charge in [0.25, 0.3) is 0 Å². The number of ether oxygens (including phenoxy) is 1. The number of rotatable bonds is 2. The Morgan fingerprint density at radius 1 is 1.56 bits per heavy atom. The first-order valence-corrected chi connectivity index (χ1v) is 6.62. The van der Waals surface area contributed by atoms with E-state index in [1.54, 1.807) is 18.4 Å². The molecule has 84 valence electrons. The molecule has 0 atom stereocenters. The number of nitrogen functional groups attached to an aromatic ring is 1. The third-order valence-electron chi connectivity index (χ3n) is 2.10. The molecule has 0 bridgehead atoms. The summed E-state index contributed by atoms with van der Waals surface area (Å²) in [6.07, 6.45) is 0. The van der Waals surface area contributed by atoms with E-state index in [9.17, 15) is 0 Å². The lowest BCUT2D eigenvalue weighted by molar-refractivity contribution is 0.417. The first kappa shape index (κ1) is 11.5. The van der Waals surface area contributed by atoms with Crippen molar-refractivity contribution in [3.63, 3.8) is 0 Å². The maximum Gasteiger partial charge on any atom is 0.201 e. The van der Waals surface area contributed by atoms with Crippen molar-refractivity contribution in [1.82, 2.24) is 4.98 Å². The third-order valence-corrected chi connectivity index (χ3v) is 4.34. The van der Waals surface area contributed by atoms with Crippen molar-refractivity contribution in [2.75, 3.05) is 12.8 Å². The number of thiocarbonyl (C=S) groups is 1. The van der Waals surface area contributed by atoms with Crippen LogP contribution in [-0.2, 0) is 4.74 Å². The van der Waals surface area contributed by atoms with E-state index in [0.717, 1.165) is 16.1 Å². The molecular weight excluding hydrogens is 260 g/mol. The van der Waals surface area contributed by atoms with E-state index in [2.05, 4.69) is 4.98 Å². The molecule has 0 aliphatic carbocycles. The lowest BCUT2D eigenvalue weighted by Crippen LogP contribution is -1.94. The first-order valence-electron chi connectivity index (χ1n) is 4.52. The van der Waals surface area contributed by atoms with E-state index in [4.69, 9.17) is 22.7 Å². The lowest BCUT2D eigenvalue weighted by atomic mass is 10.2. The zero-order chi connectivity index (χ0) is 11.7. The van der Waals surface area contributed by atoms with Crippen LogP contribution in [0.2, 0.25) is 0 Å². The molecule has 0 saturated heterocycles. The van der Waals surface area contributed by atoms with Gasteiger partial charge in [0.15, 0.2) is 5.13 Å². The first-order chi connectivity index (χ1) is 7.61. The molecule has 2 N–H and O–H groups in total. The van der Waals surface area contributed by atoms with Crippen LogP contribution in [0.5, 0.6) is 0 Å². The number of methoxy groups -OCH3 is 1. The number of nitrogens with zero attached hydrogens (tertiary/aromatic N) is 1. The van der Waals surface area contributed by atoms with Gasteiger partial charge in [-0.25, -0.2) is 4.98 Å². The smallest absolute Gasteiger partial charge is 0.201 e. The van der Waals surface area contributed by atoms with Crippen molar-refractivity contribution < 1.29 is 4.74 Å². The molecule has 3 nitrogen and oxygen atoms in total. The molecular formula is C10H10N2OS3. The predicted octanol–water partition coefficient (Wildman–Crippen LogP) is 3.08. The second-order valence-corrected chi connectivity index (χ2v) is 5.66. The van der Waals surface area contributed by atoms with Crippen molar-refractivity contribution in [2.24, 2.45) is 0 Å². The SMILES string of the molecule is COC(=S)c1cc(-c2csc(N)n2)c(C)s1. The Hall–Kier alpha value is -0.980. The summed E-state index contributed by atoms with van der Waals surface area (Å²) in [5.41, 5.74) is 7.60. The van der Waals surface area contributed by atoms with Crippen LogP contribution in [0.25, 0.3) is 11.3 Å². The Morgan fingerprint density at radius 3 is 2.88 bits per heavy atom. The summed E-state index contributed by atoms with van der Waals surface area (Å²) in [5.74, 6) is 0. The minimum absolute atomic E-state index is 0.516. The summed E-state index contributed by atoms with van der Waals surface area (Å²) in [4.78, 5) is 6.38. The van der Waals surface area contributed by atoms with E-state index >= 15 is 0 Å². The van der Waals surface area contributed by atoms with Gasteiger partial charge in [0.2, 0.25) is 5.05 Å². The van der Waals surface area contributed by atoms with Crippen LogP contribution in [0.1, 0.15) is 9.75 Å². The highest BCUT2D eigenvalue weighted by Crippen LogP contribution is 2.32. The summed E-state index contributed by atoms with van der Waals surface area (Å²) in [6, 6.07) is 2.00. The van der Waals surface area contributed by atoms with Crippen molar-refractivity contribution in [2.45, 2.75) is 6.92 Å². The Balaban J connectivity index is 2.43. The minimum Gasteiger partial charge on any atom is -0.486 e. The fourth-order valence-electron chi connectivity index (χ4n) is 1.35. The fraction of sp³-hybridized carbons (Fsp3) is 0.200. The summed E-state index contributed by atoms with van der Waals surface area (Å²) in [6.45, 7) is 2.04. The molecule has 2 aromatic rings. The van der Waals surface area contributed by atoms with Gasteiger partial charge in [0.05, 0.1) is 17.7 Å². The number of aromatic nitrogens is 1. The monoisotopic (exact) mass is 270 g/mol. The summed E-state index contributed by atoms with van der Waals surface area (Å²) < 4.78 is 5.05. The summed E-state index contributed by atoms with van der Waals surface area (Å²) in [7, 11) is 1.58. The van der Waals surface area contributed by atoms with Crippen molar-refractivity contribution in [3.8, 4) is 11.3 Å². The highest BCUT2D eigenvalue weighted by atomic mass is 32.1. The molecule has 2 heterocycles. The number of hydrogen-bond acceptors (Lipinski definition) is 6. The number of aryl methyl sites for hydroxylation is 1. The third kappa shape index (κ3) is 2.09. The standard InChI is InChI=1S/C10H10N2OS3/c1-5-6(7-4-15-10(11)12-7)3-8(16-5)9(14)13-2/h3-4H,1-2H3,(H2,11,12). The number of hydrogen-bond donors (Lipinski definition) is 1. The van der Waals surface area contributed by atoms with Gasteiger partial charge in [-0.3, -0.25) is 0 Å². The normalized spacial score (nSPS) is 10.4. The van der Waals surface area contributed by atoms with Crippen LogP contribution in [0.4, 0.5) is 5.13 Å². The van der Waals surface area contributed by atoms with Crippen LogP contribution < -0.4 is 5.73 Å². The largest absolute Gasteiger partial charge is 0.486 e. The molecule has 0 spiro atoms. The Morgan fingerprint density at radius 2 is 2.31 bits per heavy atom. The fourth-order valence-corrected chi connectivity index (χ4v) is 3.04. The Kier molecular flexibility index (Phi) is 3.22. The van der Waals surface area contributed by atoms with Crippen molar-refractivity contribution >= 4 is 45.1 Å². The molecule has 16 heavy (non-hydrogen) atoms. The van der Waals surface area contributed by atoms with E-state index in [1.165, 1.54) is 16.2 Å². The molecule has 2 aromatic heterocycles. The Bertz CT molecular complexity index is 530. The van der Waals surface area contributed by atoms with Gasteiger partial charge >= 0.3 is 0 Å². The maximum absolute atomic E-state index is 5.62. The topological polar surface area (TPSA) is 48.1 Å². The lowest BCUT2D eigenvalue weighted by Gasteiger charge is -1.95. The highest BCUT2D eigenvalue weighted by Gasteiger charge is 2.13. The molecule has 0 unspecified atom stereocenters. The molecule has 0 saturated carbocycles. The second kappa shape index (κ2) is 4.48. The molecule has 6 heteroatoms. The molecule has 0 aliphatic rings. The average Bonchev–Trinajstić information content (AvgIpc) is 2.83. The zero-order valence-corrected chi connectivity index (χ0v) is 11.3. The van der Waals surface area contributed by atoms with Gasteiger partial charge < -0.3 is 10.5 Å². The van der Waals surface area contributed by atoms with E-state index < -0.39 is 0 Å². The molecule has 0 amide bonds. The zero-order valence-electron chi connectivity index (χ0n) is 8.81. The van der Waals surface area contributed by atoms with E-state index in [0.29, 0.717) is 10.2 Å². The highest BCUT2D eigenvalue weighted by molar-refractivity contribution is 7.80. The second-order valence-electron chi connectivity index (χ2n) is 3.14. The van der Waals surface area contributed by atoms with Gasteiger partial charge in [-0.2, -0.15) is 0 Å². The number of thiophene rings is 1. The summed E-state index contributed by atoms with van der Waals surface area (Å²) >= 11 is 8.14. The van der Waals surface area contributed by atoms with Crippen LogP contribution in [0.15, 0.2) is 11.4 Å². The molecule has 0 aromatic carbocycles. The van der Waals surface area contributed by atoms with Gasteiger partial charge in [0.1, 0.15) is 0 Å². The number of nitrogens with two attached hydrogens (primary N) is 1. The predicted molar refractivity (Wildman–Crippen MR) is 73.3 cm³/mol. The van der Waals surface area contributed by atoms with Crippen LogP contribution >= 0.6 is 34.9 Å². The van der Waals surface area contributed by atoms with Gasteiger partial charge in [-0.05, 0) is 25.2 Å². The quantitative estimate of drug-likeness (QED) is 0.852. The molecule has 2 rings (SSSR count). The summed E-state index contributed by atoms with van der Waals surface area (Å²) in [5, 5.41) is 3.04. The van der Waals surface area contributed by atoms with Gasteiger partial charge in [0, 0.05) is 15.8 Å². The van der Waals surface area contributed by atoms with Crippen molar-refractivity contribution in [3.05, 3.63) is 21.2 Å². The average molecular weight is 270 g/mol. The van der Waals surface area contributed by atoms with Gasteiger partial charge in [-0.15, -0.1) is 22.7 Å². The maximum atomic E-state index is 5.62. The number of anilines is 1. The number of thiazole rings is 1. The Labute approximate surface area is 107 Å². The van der Waals surface area contributed by atoms with Crippen LogP contribution in [0, 0.1) is 6.92 Å². The van der Waals surface area contributed by atoms with Crippen LogP contribution in [-0.4, -0.2) is 17.1 Å². The minimum atomic E-state index is 0.516. The molecule has 0 aliphatic heterocycles. The molecule has 0 fully saturated rings. The van der Waals surface area contributed by atoms with E-state index in [1.807, 2.05) is 18.4 Å². The van der Waals surface area contributed by atoms with E-state index in [-0.39, 0.29) is 0 Å². The van der Waals surface area contributed by atoms with Gasteiger partial charge in [-0.1, -0.05) is 0 Å².